The summed E-state index contributed by atoms with van der Waals surface area (Å²) in [6.07, 6.45) is 1.04. The minimum atomic E-state index is 0.182. The molecular weight excluding hydrogens is 282 g/mol. The van der Waals surface area contributed by atoms with Gasteiger partial charge in [-0.15, -0.1) is 0 Å². The standard InChI is InChI=1S/C21H29NO/c1-6-17-9-7-8-16(2)20(17)22-14-15-23-19-12-10-18(11-13-19)21(3,4)5/h7-13,22H,6,14-15H2,1-5H3. The molecule has 0 heterocycles. The molecule has 2 nitrogen and oxygen atoms in total. The Kier molecular flexibility index (Phi) is 5.70. The van der Waals surface area contributed by atoms with E-state index in [2.05, 4.69) is 82.4 Å². The van der Waals surface area contributed by atoms with Crippen LogP contribution in [0.15, 0.2) is 42.5 Å². The van der Waals surface area contributed by atoms with Crippen LogP contribution in [0, 0.1) is 6.92 Å². The number of benzene rings is 2. The molecule has 0 spiro atoms. The third-order valence-electron chi connectivity index (χ3n) is 4.13. The number of para-hydroxylation sites is 1. The van der Waals surface area contributed by atoms with Crippen LogP contribution in [0.5, 0.6) is 5.75 Å². The van der Waals surface area contributed by atoms with E-state index in [1.54, 1.807) is 0 Å². The zero-order valence-corrected chi connectivity index (χ0v) is 15.1. The maximum atomic E-state index is 5.85. The SMILES string of the molecule is CCc1cccc(C)c1NCCOc1ccc(C(C)(C)C)cc1. The summed E-state index contributed by atoms with van der Waals surface area (Å²) in [5, 5.41) is 3.51. The first-order chi connectivity index (χ1) is 10.9. The van der Waals surface area contributed by atoms with Crippen molar-refractivity contribution in [3.8, 4) is 5.75 Å². The molecule has 0 saturated carbocycles. The fourth-order valence-corrected chi connectivity index (χ4v) is 2.67. The van der Waals surface area contributed by atoms with Gasteiger partial charge in [0, 0.05) is 12.2 Å². The summed E-state index contributed by atoms with van der Waals surface area (Å²) in [4.78, 5) is 0. The van der Waals surface area contributed by atoms with E-state index in [0.29, 0.717) is 6.61 Å². The lowest BCUT2D eigenvalue weighted by Crippen LogP contribution is -2.14. The maximum absolute atomic E-state index is 5.85. The second kappa shape index (κ2) is 7.54. The van der Waals surface area contributed by atoms with E-state index in [1.165, 1.54) is 22.4 Å². The Labute approximate surface area is 140 Å². The molecule has 0 unspecified atom stereocenters. The maximum Gasteiger partial charge on any atom is 0.119 e. The Bertz CT molecular complexity index is 623. The zero-order chi connectivity index (χ0) is 16.9. The van der Waals surface area contributed by atoms with Gasteiger partial charge in [-0.05, 0) is 47.6 Å². The molecule has 0 aromatic heterocycles. The van der Waals surface area contributed by atoms with Crippen LogP contribution in [-0.4, -0.2) is 13.2 Å². The molecule has 2 heteroatoms. The number of anilines is 1. The molecular formula is C21H29NO. The van der Waals surface area contributed by atoms with E-state index in [-0.39, 0.29) is 5.41 Å². The van der Waals surface area contributed by atoms with E-state index in [0.717, 1.165) is 18.7 Å². The van der Waals surface area contributed by atoms with Gasteiger partial charge in [-0.25, -0.2) is 0 Å². The van der Waals surface area contributed by atoms with Crippen molar-refractivity contribution in [3.63, 3.8) is 0 Å². The van der Waals surface area contributed by atoms with Crippen molar-refractivity contribution >= 4 is 5.69 Å². The highest BCUT2D eigenvalue weighted by molar-refractivity contribution is 5.57. The number of rotatable bonds is 6. The molecule has 1 N–H and O–H groups in total. The van der Waals surface area contributed by atoms with Crippen LogP contribution in [-0.2, 0) is 11.8 Å². The first-order valence-corrected chi connectivity index (χ1v) is 8.47. The lowest BCUT2D eigenvalue weighted by atomic mass is 9.87. The summed E-state index contributed by atoms with van der Waals surface area (Å²) in [6.45, 7) is 12.5. The van der Waals surface area contributed by atoms with E-state index >= 15 is 0 Å². The molecule has 0 atom stereocenters. The lowest BCUT2D eigenvalue weighted by Gasteiger charge is -2.19. The second-order valence-corrected chi connectivity index (χ2v) is 7.01. The Balaban J connectivity index is 1.86. The molecule has 0 radical (unpaired) electrons. The van der Waals surface area contributed by atoms with Crippen molar-refractivity contribution in [1.29, 1.82) is 0 Å². The topological polar surface area (TPSA) is 21.3 Å². The number of aryl methyl sites for hydroxylation is 2. The van der Waals surface area contributed by atoms with Crippen molar-refractivity contribution in [2.75, 3.05) is 18.5 Å². The zero-order valence-electron chi connectivity index (χ0n) is 15.1. The molecule has 2 aromatic carbocycles. The average Bonchev–Trinajstić information content (AvgIpc) is 2.52. The monoisotopic (exact) mass is 311 g/mol. The van der Waals surface area contributed by atoms with Gasteiger partial charge in [-0.2, -0.15) is 0 Å². The first-order valence-electron chi connectivity index (χ1n) is 8.47. The second-order valence-electron chi connectivity index (χ2n) is 7.01. The van der Waals surface area contributed by atoms with Crippen LogP contribution in [0.4, 0.5) is 5.69 Å². The summed E-state index contributed by atoms with van der Waals surface area (Å²) >= 11 is 0. The molecule has 2 aromatic rings. The molecule has 2 rings (SSSR count). The van der Waals surface area contributed by atoms with Gasteiger partial charge in [0.1, 0.15) is 12.4 Å². The van der Waals surface area contributed by atoms with Crippen LogP contribution < -0.4 is 10.1 Å². The number of hydrogen-bond acceptors (Lipinski definition) is 2. The molecule has 0 aliphatic carbocycles. The van der Waals surface area contributed by atoms with Crippen molar-refractivity contribution in [3.05, 3.63) is 59.2 Å². The third kappa shape index (κ3) is 4.75. The van der Waals surface area contributed by atoms with E-state index < -0.39 is 0 Å². The first kappa shape index (κ1) is 17.4. The predicted molar refractivity (Wildman–Crippen MR) is 99.7 cm³/mol. The Morgan fingerprint density at radius 2 is 1.70 bits per heavy atom. The highest BCUT2D eigenvalue weighted by Crippen LogP contribution is 2.24. The van der Waals surface area contributed by atoms with Crippen LogP contribution in [0.3, 0.4) is 0 Å². The smallest absolute Gasteiger partial charge is 0.119 e. The van der Waals surface area contributed by atoms with Gasteiger partial charge in [0.05, 0.1) is 0 Å². The molecule has 0 bridgehead atoms. The highest BCUT2D eigenvalue weighted by Gasteiger charge is 2.12. The quantitative estimate of drug-likeness (QED) is 0.726. The summed E-state index contributed by atoms with van der Waals surface area (Å²) in [5.41, 5.74) is 5.41. The van der Waals surface area contributed by atoms with Crippen molar-refractivity contribution in [2.24, 2.45) is 0 Å². The van der Waals surface area contributed by atoms with Gasteiger partial charge in [0.2, 0.25) is 0 Å². The average molecular weight is 311 g/mol. The normalized spacial score (nSPS) is 11.3. The molecule has 124 valence electrons. The minimum Gasteiger partial charge on any atom is -0.492 e. The van der Waals surface area contributed by atoms with Crippen LogP contribution >= 0.6 is 0 Å². The summed E-state index contributed by atoms with van der Waals surface area (Å²) in [6, 6.07) is 14.9. The highest BCUT2D eigenvalue weighted by atomic mass is 16.5. The molecule has 0 saturated heterocycles. The largest absolute Gasteiger partial charge is 0.492 e. The molecule has 0 aliphatic heterocycles. The van der Waals surface area contributed by atoms with E-state index in [1.807, 2.05) is 0 Å². The van der Waals surface area contributed by atoms with Gasteiger partial charge >= 0.3 is 0 Å². The Morgan fingerprint density at radius 3 is 2.30 bits per heavy atom. The van der Waals surface area contributed by atoms with E-state index in [9.17, 15) is 0 Å². The Morgan fingerprint density at radius 1 is 1.00 bits per heavy atom. The van der Waals surface area contributed by atoms with Crippen LogP contribution in [0.2, 0.25) is 0 Å². The van der Waals surface area contributed by atoms with Gasteiger partial charge < -0.3 is 10.1 Å². The molecule has 23 heavy (non-hydrogen) atoms. The summed E-state index contributed by atoms with van der Waals surface area (Å²) < 4.78 is 5.85. The van der Waals surface area contributed by atoms with Crippen LogP contribution in [0.1, 0.15) is 44.4 Å². The fraction of sp³-hybridized carbons (Fsp3) is 0.429. The van der Waals surface area contributed by atoms with Gasteiger partial charge in [0.25, 0.3) is 0 Å². The minimum absolute atomic E-state index is 0.182. The number of ether oxygens (including phenoxy) is 1. The molecule has 0 amide bonds. The number of hydrogen-bond donors (Lipinski definition) is 1. The van der Waals surface area contributed by atoms with Crippen LogP contribution in [0.25, 0.3) is 0 Å². The van der Waals surface area contributed by atoms with Gasteiger partial charge in [0.15, 0.2) is 0 Å². The molecule has 0 aliphatic rings. The van der Waals surface area contributed by atoms with Gasteiger partial charge in [-0.1, -0.05) is 58.0 Å². The lowest BCUT2D eigenvalue weighted by molar-refractivity contribution is 0.332. The third-order valence-corrected chi connectivity index (χ3v) is 4.13. The fourth-order valence-electron chi connectivity index (χ4n) is 2.67. The van der Waals surface area contributed by atoms with Gasteiger partial charge in [-0.3, -0.25) is 0 Å². The number of nitrogens with one attached hydrogen (secondary N) is 1. The van der Waals surface area contributed by atoms with Crippen molar-refractivity contribution < 1.29 is 4.74 Å². The van der Waals surface area contributed by atoms with Crippen molar-refractivity contribution in [2.45, 2.75) is 46.5 Å². The summed E-state index contributed by atoms with van der Waals surface area (Å²) in [7, 11) is 0. The molecule has 0 fully saturated rings. The van der Waals surface area contributed by atoms with Crippen molar-refractivity contribution in [1.82, 2.24) is 0 Å². The van der Waals surface area contributed by atoms with E-state index in [4.69, 9.17) is 4.74 Å². The Hall–Kier alpha value is -1.96. The summed E-state index contributed by atoms with van der Waals surface area (Å²) in [5.74, 6) is 0.931. The predicted octanol–water partition coefficient (Wildman–Crippen LogP) is 5.35.